The molecule has 0 amide bonds. The maximum Gasteiger partial charge on any atom is 0.191 e. The summed E-state index contributed by atoms with van der Waals surface area (Å²) < 4.78 is 34.1. The van der Waals surface area contributed by atoms with Gasteiger partial charge in [-0.15, -0.1) is 24.0 Å². The summed E-state index contributed by atoms with van der Waals surface area (Å²) in [5, 5.41) is 6.59. The van der Waals surface area contributed by atoms with Gasteiger partial charge in [0.25, 0.3) is 0 Å². The largest absolute Gasteiger partial charge is 0.355 e. The summed E-state index contributed by atoms with van der Waals surface area (Å²) in [5.41, 5.74) is 0. The monoisotopic (exact) mass is 465 g/mol. The highest BCUT2D eigenvalue weighted by Crippen LogP contribution is 2.22. The van der Waals surface area contributed by atoms with E-state index in [1.165, 1.54) is 6.26 Å². The number of nitrogens with zero attached hydrogens (tertiary/aromatic N) is 1. The van der Waals surface area contributed by atoms with E-state index in [1.54, 1.807) is 7.05 Å². The van der Waals surface area contributed by atoms with Gasteiger partial charge < -0.3 is 10.6 Å². The van der Waals surface area contributed by atoms with E-state index in [-0.39, 0.29) is 41.0 Å². The molecular formula is C13H28IN3O3S2. The molecule has 1 saturated carbocycles. The van der Waals surface area contributed by atoms with Crippen molar-refractivity contribution in [2.75, 3.05) is 31.4 Å². The highest BCUT2D eigenvalue weighted by atomic mass is 127. The molecule has 0 spiro atoms. The second-order valence-corrected chi connectivity index (χ2v) is 9.69. The molecule has 132 valence electrons. The first kappa shape index (κ1) is 22.1. The van der Waals surface area contributed by atoms with Crippen LogP contribution in [0.5, 0.6) is 0 Å². The number of nitrogens with one attached hydrogen (secondary N) is 2. The van der Waals surface area contributed by atoms with Gasteiger partial charge in [-0.1, -0.05) is 13.3 Å². The van der Waals surface area contributed by atoms with Crippen LogP contribution in [0.25, 0.3) is 0 Å². The fraction of sp³-hybridized carbons (Fsp3) is 0.923. The minimum Gasteiger partial charge on any atom is -0.355 e. The molecule has 0 aromatic heterocycles. The fourth-order valence-electron chi connectivity index (χ4n) is 2.49. The molecule has 1 aliphatic carbocycles. The Morgan fingerprint density at radius 3 is 2.59 bits per heavy atom. The summed E-state index contributed by atoms with van der Waals surface area (Å²) in [6, 6.07) is 0.253. The van der Waals surface area contributed by atoms with Crippen molar-refractivity contribution in [2.24, 2.45) is 4.99 Å². The van der Waals surface area contributed by atoms with Gasteiger partial charge in [0, 0.05) is 47.7 Å². The number of hydrogen-bond donors (Lipinski definition) is 2. The molecule has 0 aliphatic heterocycles. The lowest BCUT2D eigenvalue weighted by molar-refractivity contribution is 0.414. The molecular weight excluding hydrogens is 437 g/mol. The third kappa shape index (κ3) is 8.66. The van der Waals surface area contributed by atoms with Gasteiger partial charge in [0.1, 0.15) is 9.84 Å². The first-order valence-corrected chi connectivity index (χ1v) is 10.8. The third-order valence-electron chi connectivity index (χ3n) is 3.61. The highest BCUT2D eigenvalue weighted by Gasteiger charge is 2.25. The zero-order valence-electron chi connectivity index (χ0n) is 13.5. The molecule has 3 unspecified atom stereocenters. The average Bonchev–Trinajstić information content (AvgIpc) is 2.44. The predicted molar refractivity (Wildman–Crippen MR) is 104 cm³/mol. The van der Waals surface area contributed by atoms with Gasteiger partial charge in [-0.2, -0.15) is 0 Å². The van der Waals surface area contributed by atoms with Gasteiger partial charge >= 0.3 is 0 Å². The van der Waals surface area contributed by atoms with Crippen molar-refractivity contribution in [3.8, 4) is 0 Å². The van der Waals surface area contributed by atoms with Crippen LogP contribution in [0, 0.1) is 0 Å². The van der Waals surface area contributed by atoms with E-state index in [1.807, 2.05) is 6.92 Å². The fourth-order valence-corrected chi connectivity index (χ4v) is 4.31. The Labute approximate surface area is 153 Å². The molecule has 1 rings (SSSR count). The molecule has 3 atom stereocenters. The van der Waals surface area contributed by atoms with Gasteiger partial charge in [-0.25, -0.2) is 8.42 Å². The number of guanidine groups is 1. The molecule has 6 nitrogen and oxygen atoms in total. The summed E-state index contributed by atoms with van der Waals surface area (Å²) in [7, 11) is -2.05. The van der Waals surface area contributed by atoms with Gasteiger partial charge in [-0.3, -0.25) is 9.20 Å². The zero-order valence-corrected chi connectivity index (χ0v) is 17.5. The lowest BCUT2D eigenvalue weighted by Crippen LogP contribution is -2.47. The highest BCUT2D eigenvalue weighted by molar-refractivity contribution is 14.0. The Bertz CT molecular complexity index is 483. The van der Waals surface area contributed by atoms with Crippen LogP contribution in [-0.2, 0) is 20.6 Å². The lowest BCUT2D eigenvalue weighted by atomic mass is 9.95. The topological polar surface area (TPSA) is 87.6 Å². The molecule has 2 N–H and O–H groups in total. The second-order valence-electron chi connectivity index (χ2n) is 5.43. The van der Waals surface area contributed by atoms with Gasteiger partial charge in [0.05, 0.1) is 5.75 Å². The summed E-state index contributed by atoms with van der Waals surface area (Å²) in [4.78, 5) is 4.12. The molecule has 0 aromatic rings. The van der Waals surface area contributed by atoms with E-state index < -0.39 is 20.6 Å². The standard InChI is InChI=1S/C13H27N3O3S2.HI/c1-4-20(17)12-7-5-6-11(10-12)16-13(14-2)15-8-9-21(3,18)19;/h11-12H,4-10H2,1-3H3,(H2,14,15,16);1H. The van der Waals surface area contributed by atoms with Crippen LogP contribution >= 0.6 is 24.0 Å². The Kier molecular flexibility index (Phi) is 10.8. The van der Waals surface area contributed by atoms with Crippen LogP contribution < -0.4 is 10.6 Å². The minimum atomic E-state index is -2.97. The van der Waals surface area contributed by atoms with E-state index >= 15 is 0 Å². The molecule has 0 bridgehead atoms. The van der Waals surface area contributed by atoms with Gasteiger partial charge in [-0.05, 0) is 19.3 Å². The normalized spacial score (nSPS) is 24.2. The van der Waals surface area contributed by atoms with Crippen molar-refractivity contribution >= 4 is 50.6 Å². The molecule has 9 heteroatoms. The van der Waals surface area contributed by atoms with Gasteiger partial charge in [0.15, 0.2) is 5.96 Å². The summed E-state index contributed by atoms with van der Waals surface area (Å²) in [6.07, 6.45) is 5.22. The molecule has 0 saturated heterocycles. The van der Waals surface area contributed by atoms with Crippen molar-refractivity contribution in [3.05, 3.63) is 0 Å². The summed E-state index contributed by atoms with van der Waals surface area (Å²) in [6.45, 7) is 2.30. The van der Waals surface area contributed by atoms with Gasteiger partial charge in [0.2, 0.25) is 0 Å². The molecule has 1 aliphatic rings. The summed E-state index contributed by atoms with van der Waals surface area (Å²) >= 11 is 0. The first-order chi connectivity index (χ1) is 9.85. The van der Waals surface area contributed by atoms with Crippen molar-refractivity contribution in [1.29, 1.82) is 0 Å². The second kappa shape index (κ2) is 10.8. The summed E-state index contributed by atoms with van der Waals surface area (Å²) in [5.74, 6) is 1.41. The average molecular weight is 465 g/mol. The van der Waals surface area contributed by atoms with Crippen LogP contribution in [0.3, 0.4) is 0 Å². The molecule has 0 heterocycles. The van der Waals surface area contributed by atoms with Crippen molar-refractivity contribution in [3.63, 3.8) is 0 Å². The minimum absolute atomic E-state index is 0. The van der Waals surface area contributed by atoms with E-state index in [0.717, 1.165) is 25.7 Å². The van der Waals surface area contributed by atoms with E-state index in [4.69, 9.17) is 0 Å². The molecule has 0 aromatic carbocycles. The Balaban J connectivity index is 0.00000441. The Morgan fingerprint density at radius 1 is 1.36 bits per heavy atom. The number of sulfone groups is 1. The molecule has 22 heavy (non-hydrogen) atoms. The van der Waals surface area contributed by atoms with Crippen LogP contribution in [0.4, 0.5) is 0 Å². The van der Waals surface area contributed by atoms with E-state index in [9.17, 15) is 12.6 Å². The van der Waals surface area contributed by atoms with E-state index in [2.05, 4.69) is 15.6 Å². The van der Waals surface area contributed by atoms with Crippen LogP contribution in [0.1, 0.15) is 32.6 Å². The predicted octanol–water partition coefficient (Wildman–Crippen LogP) is 0.894. The van der Waals surface area contributed by atoms with Crippen LogP contribution in [0.15, 0.2) is 4.99 Å². The number of halogens is 1. The van der Waals surface area contributed by atoms with Crippen LogP contribution in [0.2, 0.25) is 0 Å². The Morgan fingerprint density at radius 2 is 2.05 bits per heavy atom. The maximum atomic E-state index is 11.9. The first-order valence-electron chi connectivity index (χ1n) is 7.37. The molecule has 0 radical (unpaired) electrons. The zero-order chi connectivity index (χ0) is 15.9. The number of aliphatic imine (C=N–C) groups is 1. The van der Waals surface area contributed by atoms with Crippen molar-refractivity contribution in [2.45, 2.75) is 43.9 Å². The van der Waals surface area contributed by atoms with Crippen molar-refractivity contribution < 1.29 is 12.6 Å². The van der Waals surface area contributed by atoms with Crippen molar-refractivity contribution in [1.82, 2.24) is 10.6 Å². The SMILES string of the molecule is CCS(=O)C1CCCC(NC(=NC)NCCS(C)(=O)=O)C1.I. The van der Waals surface area contributed by atoms with Crippen LogP contribution in [-0.4, -0.2) is 61.2 Å². The maximum absolute atomic E-state index is 11.9. The quantitative estimate of drug-likeness (QED) is 0.346. The van der Waals surface area contributed by atoms with E-state index in [0.29, 0.717) is 18.3 Å². The molecule has 1 fully saturated rings. The lowest BCUT2D eigenvalue weighted by Gasteiger charge is -2.30. The Hall–Kier alpha value is 0.1000. The number of rotatable bonds is 6. The smallest absolute Gasteiger partial charge is 0.191 e. The number of hydrogen-bond acceptors (Lipinski definition) is 4. The third-order valence-corrected chi connectivity index (χ3v) is 6.30.